The molecule has 0 aromatic heterocycles. The van der Waals surface area contributed by atoms with Crippen LogP contribution in [0.3, 0.4) is 0 Å². The number of carbonyl (C=O) groups is 1. The van der Waals surface area contributed by atoms with Gasteiger partial charge >= 0.3 is 0 Å². The molecule has 0 bridgehead atoms. The number of methoxy groups -OCH3 is 2. The second kappa shape index (κ2) is 8.86. The average molecular weight is 447 g/mol. The van der Waals surface area contributed by atoms with Crippen LogP contribution in [-0.2, 0) is 32.5 Å². The van der Waals surface area contributed by atoms with Crippen LogP contribution in [0.2, 0.25) is 0 Å². The molecule has 1 fully saturated rings. The quantitative estimate of drug-likeness (QED) is 0.695. The van der Waals surface area contributed by atoms with Crippen molar-refractivity contribution in [3.63, 3.8) is 0 Å². The van der Waals surface area contributed by atoms with Crippen molar-refractivity contribution in [3.05, 3.63) is 53.6 Å². The van der Waals surface area contributed by atoms with Gasteiger partial charge < -0.3 is 19.1 Å². The molecule has 0 saturated carbocycles. The minimum atomic E-state index is -3.98. The van der Waals surface area contributed by atoms with Gasteiger partial charge in [0.2, 0.25) is 15.9 Å². The van der Waals surface area contributed by atoms with Crippen LogP contribution in [-0.4, -0.2) is 70.1 Å². The second-order valence-electron chi connectivity index (χ2n) is 7.49. The lowest BCUT2D eigenvalue weighted by molar-refractivity contribution is -0.139. The molecule has 4 rings (SSSR count). The second-order valence-corrected chi connectivity index (χ2v) is 9.38. The molecule has 0 N–H and O–H groups in total. The third kappa shape index (κ3) is 4.13. The number of hydrogen-bond donors (Lipinski definition) is 0. The number of carbonyl (C=O) groups excluding carboxylic acids is 1. The summed E-state index contributed by atoms with van der Waals surface area (Å²) in [6.07, 6.45) is 0.332. The van der Waals surface area contributed by atoms with E-state index in [4.69, 9.17) is 14.2 Å². The number of amides is 1. The van der Waals surface area contributed by atoms with E-state index in [-0.39, 0.29) is 17.3 Å². The van der Waals surface area contributed by atoms with Crippen LogP contribution in [0.25, 0.3) is 0 Å². The van der Waals surface area contributed by atoms with Gasteiger partial charge in [-0.1, -0.05) is 24.3 Å². The number of morpholine rings is 1. The van der Waals surface area contributed by atoms with Crippen LogP contribution in [0.4, 0.5) is 0 Å². The largest absolute Gasteiger partial charge is 0.493 e. The fourth-order valence-corrected chi connectivity index (χ4v) is 5.64. The molecule has 9 heteroatoms. The summed E-state index contributed by atoms with van der Waals surface area (Å²) in [5.41, 5.74) is 1.89. The Hall–Kier alpha value is -2.62. The summed E-state index contributed by atoms with van der Waals surface area (Å²) in [5, 5.41) is 0. The fraction of sp³-hybridized carbons (Fsp3) is 0.409. The Kier molecular flexibility index (Phi) is 6.17. The van der Waals surface area contributed by atoms with Crippen LogP contribution in [0.5, 0.6) is 11.5 Å². The molecule has 2 heterocycles. The van der Waals surface area contributed by atoms with Crippen LogP contribution in [0, 0.1) is 0 Å². The summed E-state index contributed by atoms with van der Waals surface area (Å²) < 4.78 is 44.6. The topological polar surface area (TPSA) is 85.4 Å². The number of sulfonamides is 1. The van der Waals surface area contributed by atoms with Crippen LogP contribution in [0.1, 0.15) is 11.1 Å². The third-order valence-electron chi connectivity index (χ3n) is 5.77. The van der Waals surface area contributed by atoms with Crippen molar-refractivity contribution in [3.8, 4) is 11.5 Å². The number of hydrogen-bond acceptors (Lipinski definition) is 6. The average Bonchev–Trinajstić information content (AvgIpc) is 2.82. The number of benzene rings is 2. The summed E-state index contributed by atoms with van der Waals surface area (Å²) in [4.78, 5) is 15.1. The predicted molar refractivity (Wildman–Crippen MR) is 114 cm³/mol. The maximum atomic E-state index is 13.7. The van der Waals surface area contributed by atoms with Crippen molar-refractivity contribution in [1.29, 1.82) is 0 Å². The van der Waals surface area contributed by atoms with Crippen molar-refractivity contribution in [1.82, 2.24) is 9.21 Å². The lowest BCUT2D eigenvalue weighted by Crippen LogP contribution is -2.55. The first-order valence-corrected chi connectivity index (χ1v) is 11.6. The third-order valence-corrected chi connectivity index (χ3v) is 7.63. The first kappa shape index (κ1) is 21.6. The van der Waals surface area contributed by atoms with Gasteiger partial charge in [0, 0.05) is 25.7 Å². The van der Waals surface area contributed by atoms with E-state index in [0.717, 1.165) is 11.1 Å². The zero-order valence-corrected chi connectivity index (χ0v) is 18.4. The summed E-state index contributed by atoms with van der Waals surface area (Å²) in [7, 11) is -1.03. The van der Waals surface area contributed by atoms with E-state index >= 15 is 0 Å². The van der Waals surface area contributed by atoms with Crippen molar-refractivity contribution < 1.29 is 27.4 Å². The lowest BCUT2D eigenvalue weighted by Gasteiger charge is -2.38. The predicted octanol–water partition coefficient (Wildman–Crippen LogP) is 1.68. The van der Waals surface area contributed by atoms with E-state index in [1.165, 1.54) is 30.7 Å². The zero-order valence-electron chi connectivity index (χ0n) is 17.6. The Morgan fingerprint density at radius 1 is 1.00 bits per heavy atom. The monoisotopic (exact) mass is 446 g/mol. The molecule has 0 aliphatic carbocycles. The van der Waals surface area contributed by atoms with Crippen LogP contribution >= 0.6 is 0 Å². The molecule has 31 heavy (non-hydrogen) atoms. The van der Waals surface area contributed by atoms with Gasteiger partial charge in [-0.2, -0.15) is 4.31 Å². The van der Waals surface area contributed by atoms with Gasteiger partial charge in [-0.05, 0) is 29.7 Å². The van der Waals surface area contributed by atoms with Crippen molar-refractivity contribution in [2.75, 3.05) is 40.5 Å². The Bertz CT molecular complexity index is 1070. The fourth-order valence-electron chi connectivity index (χ4n) is 4.07. The molecular formula is C22H26N2O6S. The van der Waals surface area contributed by atoms with Gasteiger partial charge in [-0.3, -0.25) is 4.79 Å². The van der Waals surface area contributed by atoms with E-state index in [2.05, 4.69) is 0 Å². The molecule has 1 amide bonds. The SMILES string of the molecule is COc1ccc(S(=O)(=O)N2Cc3ccccc3C[C@H]2C(=O)N2CCOCC2)cc1OC. The van der Waals surface area contributed by atoms with Crippen LogP contribution < -0.4 is 9.47 Å². The van der Waals surface area contributed by atoms with Gasteiger partial charge in [0.15, 0.2) is 11.5 Å². The molecule has 2 aromatic rings. The zero-order chi connectivity index (χ0) is 22.0. The van der Waals surface area contributed by atoms with Crippen molar-refractivity contribution in [2.45, 2.75) is 23.9 Å². The maximum absolute atomic E-state index is 13.7. The van der Waals surface area contributed by atoms with Gasteiger partial charge in [0.1, 0.15) is 6.04 Å². The van der Waals surface area contributed by atoms with Gasteiger partial charge in [-0.25, -0.2) is 8.42 Å². The molecule has 8 nitrogen and oxygen atoms in total. The molecule has 166 valence electrons. The van der Waals surface area contributed by atoms with E-state index in [9.17, 15) is 13.2 Å². The molecule has 0 unspecified atom stereocenters. The summed E-state index contributed by atoms with van der Waals surface area (Å²) in [6, 6.07) is 11.3. The Labute approximate surface area is 182 Å². The molecule has 0 spiro atoms. The van der Waals surface area contributed by atoms with Crippen molar-refractivity contribution in [2.24, 2.45) is 0 Å². The Morgan fingerprint density at radius 3 is 2.35 bits per heavy atom. The van der Waals surface area contributed by atoms with Crippen molar-refractivity contribution >= 4 is 15.9 Å². The van der Waals surface area contributed by atoms with Gasteiger partial charge in [-0.15, -0.1) is 0 Å². The number of rotatable bonds is 5. The standard InChI is InChI=1S/C22H26N2O6S/c1-28-20-8-7-18(14-21(20)29-2)31(26,27)24-15-17-6-4-3-5-16(17)13-19(24)22(25)23-9-11-30-12-10-23/h3-8,14,19H,9-13,15H2,1-2H3/t19-/m0/s1. The van der Waals surface area contributed by atoms with Crippen LogP contribution in [0.15, 0.2) is 47.4 Å². The normalized spacial score (nSPS) is 19.5. The summed E-state index contributed by atoms with van der Waals surface area (Å²) in [5.74, 6) is 0.560. The molecule has 2 aliphatic heterocycles. The van der Waals surface area contributed by atoms with E-state index in [0.29, 0.717) is 44.2 Å². The molecule has 0 radical (unpaired) electrons. The maximum Gasteiger partial charge on any atom is 0.244 e. The lowest BCUT2D eigenvalue weighted by atomic mass is 9.95. The highest BCUT2D eigenvalue weighted by Crippen LogP contribution is 2.34. The van der Waals surface area contributed by atoms with Gasteiger partial charge in [0.25, 0.3) is 0 Å². The van der Waals surface area contributed by atoms with E-state index < -0.39 is 16.1 Å². The highest BCUT2D eigenvalue weighted by molar-refractivity contribution is 7.89. The Morgan fingerprint density at radius 2 is 1.68 bits per heavy atom. The molecule has 2 aromatic carbocycles. The number of nitrogens with zero attached hydrogens (tertiary/aromatic N) is 2. The first-order chi connectivity index (χ1) is 15.0. The molecule has 1 atom stereocenters. The summed E-state index contributed by atoms with van der Waals surface area (Å²) >= 11 is 0. The molecular weight excluding hydrogens is 420 g/mol. The highest BCUT2D eigenvalue weighted by atomic mass is 32.2. The minimum Gasteiger partial charge on any atom is -0.493 e. The van der Waals surface area contributed by atoms with Gasteiger partial charge in [0.05, 0.1) is 32.3 Å². The van der Waals surface area contributed by atoms with E-state index in [1.807, 2.05) is 24.3 Å². The number of ether oxygens (including phenoxy) is 3. The number of fused-ring (bicyclic) bond motifs is 1. The Balaban J connectivity index is 1.74. The summed E-state index contributed by atoms with van der Waals surface area (Å²) in [6.45, 7) is 1.96. The highest BCUT2D eigenvalue weighted by Gasteiger charge is 2.41. The molecule has 1 saturated heterocycles. The smallest absolute Gasteiger partial charge is 0.244 e. The van der Waals surface area contributed by atoms with E-state index in [1.54, 1.807) is 11.0 Å². The first-order valence-electron chi connectivity index (χ1n) is 10.1. The molecule has 2 aliphatic rings. The minimum absolute atomic E-state index is 0.0595.